The summed E-state index contributed by atoms with van der Waals surface area (Å²) in [7, 11) is 0. The maximum absolute atomic E-state index is 13.8. The zero-order chi connectivity index (χ0) is 13.7. The van der Waals surface area contributed by atoms with Crippen LogP contribution in [-0.4, -0.2) is 24.7 Å². The quantitative estimate of drug-likeness (QED) is 0.681. The Labute approximate surface area is 118 Å². The van der Waals surface area contributed by atoms with E-state index in [1.165, 1.54) is 0 Å². The summed E-state index contributed by atoms with van der Waals surface area (Å²) in [5.41, 5.74) is 2.41. The van der Waals surface area contributed by atoms with Crippen LogP contribution in [-0.2, 0) is 0 Å². The van der Waals surface area contributed by atoms with Gasteiger partial charge in [-0.2, -0.15) is 5.10 Å². The first kappa shape index (κ1) is 11.7. The number of pyridine rings is 1. The van der Waals surface area contributed by atoms with Gasteiger partial charge in [0.05, 0.1) is 24.0 Å². The first-order chi connectivity index (χ1) is 9.72. The molecule has 0 saturated heterocycles. The molecule has 0 N–H and O–H groups in total. The number of fused-ring (bicyclic) bond motifs is 1. The van der Waals surface area contributed by atoms with Crippen LogP contribution in [0.4, 0.5) is 4.39 Å². The molecule has 0 aromatic carbocycles. The van der Waals surface area contributed by atoms with Gasteiger partial charge in [-0.3, -0.25) is 9.67 Å². The predicted octanol–water partition coefficient (Wildman–Crippen LogP) is 3.02. The van der Waals surface area contributed by atoms with Gasteiger partial charge in [-0.1, -0.05) is 0 Å². The van der Waals surface area contributed by atoms with Crippen LogP contribution in [0, 0.1) is 5.82 Å². The lowest BCUT2D eigenvalue weighted by molar-refractivity contribution is 0.618. The monoisotopic (exact) mass is 289 g/mol. The minimum absolute atomic E-state index is 0.0113. The van der Waals surface area contributed by atoms with Crippen LogP contribution in [0.15, 0.2) is 24.7 Å². The van der Waals surface area contributed by atoms with Gasteiger partial charge in [-0.25, -0.2) is 14.4 Å². The Morgan fingerprint density at radius 3 is 2.85 bits per heavy atom. The van der Waals surface area contributed by atoms with Gasteiger partial charge in [-0.05, 0) is 30.5 Å². The standard InChI is InChI=1S/C13H9ClFN5/c14-13-17-5-9(15)12(19-13)7-3-11-10(16-4-7)6-18-20(11)8-1-2-8/h3-6,8H,1-2H2. The van der Waals surface area contributed by atoms with Crippen LogP contribution in [0.1, 0.15) is 18.9 Å². The second kappa shape index (κ2) is 4.21. The van der Waals surface area contributed by atoms with Crippen molar-refractivity contribution in [3.05, 3.63) is 35.8 Å². The van der Waals surface area contributed by atoms with Crippen LogP contribution in [0.5, 0.6) is 0 Å². The average molecular weight is 290 g/mol. The second-order valence-electron chi connectivity index (χ2n) is 4.78. The predicted molar refractivity (Wildman–Crippen MR) is 71.8 cm³/mol. The normalized spacial score (nSPS) is 14.9. The Morgan fingerprint density at radius 2 is 2.05 bits per heavy atom. The van der Waals surface area contributed by atoms with E-state index in [-0.39, 0.29) is 11.0 Å². The van der Waals surface area contributed by atoms with Gasteiger partial charge in [0, 0.05) is 11.8 Å². The summed E-state index contributed by atoms with van der Waals surface area (Å²) in [6, 6.07) is 2.28. The molecule has 0 atom stereocenters. The molecular weight excluding hydrogens is 281 g/mol. The molecular formula is C13H9ClFN5. The molecule has 0 bridgehead atoms. The number of nitrogens with zero attached hydrogens (tertiary/aromatic N) is 5. The van der Waals surface area contributed by atoms with E-state index < -0.39 is 5.82 Å². The molecule has 4 rings (SSSR count). The van der Waals surface area contributed by atoms with E-state index in [1.807, 2.05) is 10.7 Å². The lowest BCUT2D eigenvalue weighted by Crippen LogP contribution is -1.97. The summed E-state index contributed by atoms with van der Waals surface area (Å²) in [5, 5.41) is 4.34. The zero-order valence-electron chi connectivity index (χ0n) is 10.3. The number of halogens is 2. The lowest BCUT2D eigenvalue weighted by Gasteiger charge is -2.04. The van der Waals surface area contributed by atoms with E-state index in [0.717, 1.165) is 30.1 Å². The van der Waals surface area contributed by atoms with Gasteiger partial charge in [0.1, 0.15) is 11.2 Å². The van der Waals surface area contributed by atoms with Gasteiger partial charge >= 0.3 is 0 Å². The summed E-state index contributed by atoms with van der Waals surface area (Å²) >= 11 is 5.73. The van der Waals surface area contributed by atoms with Gasteiger partial charge < -0.3 is 0 Å². The maximum atomic E-state index is 13.8. The summed E-state index contributed by atoms with van der Waals surface area (Å²) in [5.74, 6) is -0.520. The Hall–Kier alpha value is -2.08. The van der Waals surface area contributed by atoms with E-state index in [9.17, 15) is 4.39 Å². The molecule has 0 spiro atoms. The highest BCUT2D eigenvalue weighted by Gasteiger charge is 2.26. The number of aromatic nitrogens is 5. The van der Waals surface area contributed by atoms with Gasteiger partial charge in [0.25, 0.3) is 0 Å². The number of rotatable bonds is 2. The molecule has 5 nitrogen and oxygen atoms in total. The third kappa shape index (κ3) is 1.84. The van der Waals surface area contributed by atoms with Crippen LogP contribution in [0.2, 0.25) is 5.28 Å². The molecule has 3 aromatic heterocycles. The van der Waals surface area contributed by atoms with Crippen LogP contribution in [0.3, 0.4) is 0 Å². The fraction of sp³-hybridized carbons (Fsp3) is 0.231. The van der Waals surface area contributed by atoms with E-state index in [4.69, 9.17) is 11.6 Å². The summed E-state index contributed by atoms with van der Waals surface area (Å²) < 4.78 is 15.8. The molecule has 0 radical (unpaired) electrons. The van der Waals surface area contributed by atoms with Crippen LogP contribution < -0.4 is 0 Å². The second-order valence-corrected chi connectivity index (χ2v) is 5.12. The Balaban J connectivity index is 1.91. The first-order valence-electron chi connectivity index (χ1n) is 6.24. The van der Waals surface area contributed by atoms with Crippen molar-refractivity contribution in [2.45, 2.75) is 18.9 Å². The molecule has 3 aromatic rings. The van der Waals surface area contributed by atoms with E-state index in [0.29, 0.717) is 11.6 Å². The lowest BCUT2D eigenvalue weighted by atomic mass is 10.2. The van der Waals surface area contributed by atoms with E-state index in [1.54, 1.807) is 12.4 Å². The molecule has 7 heteroatoms. The van der Waals surface area contributed by atoms with Crippen molar-refractivity contribution in [1.29, 1.82) is 0 Å². The molecule has 1 aliphatic carbocycles. The molecule has 100 valence electrons. The summed E-state index contributed by atoms with van der Waals surface area (Å²) in [6.45, 7) is 0. The van der Waals surface area contributed by atoms with Crippen molar-refractivity contribution in [3.8, 4) is 11.3 Å². The van der Waals surface area contributed by atoms with Gasteiger partial charge in [0.2, 0.25) is 5.28 Å². The Kier molecular flexibility index (Phi) is 2.47. The molecule has 3 heterocycles. The van der Waals surface area contributed by atoms with E-state index in [2.05, 4.69) is 20.1 Å². The Bertz CT molecular complexity index is 812. The SMILES string of the molecule is Fc1cnc(Cl)nc1-c1cnc2cnn(C3CC3)c2c1. The third-order valence-electron chi connectivity index (χ3n) is 3.33. The molecule has 1 fully saturated rings. The molecule has 0 aliphatic heterocycles. The van der Waals surface area contributed by atoms with Crippen molar-refractivity contribution in [2.24, 2.45) is 0 Å². The van der Waals surface area contributed by atoms with Crippen LogP contribution >= 0.6 is 11.6 Å². The topological polar surface area (TPSA) is 56.5 Å². The highest BCUT2D eigenvalue weighted by atomic mass is 35.5. The Morgan fingerprint density at radius 1 is 1.20 bits per heavy atom. The van der Waals surface area contributed by atoms with Gasteiger partial charge in [-0.15, -0.1) is 0 Å². The summed E-state index contributed by atoms with van der Waals surface area (Å²) in [6.07, 6.45) is 6.60. The van der Waals surface area contributed by atoms with Crippen molar-refractivity contribution in [2.75, 3.05) is 0 Å². The smallest absolute Gasteiger partial charge is 0.223 e. The fourth-order valence-electron chi connectivity index (χ4n) is 2.21. The van der Waals surface area contributed by atoms with E-state index >= 15 is 0 Å². The average Bonchev–Trinajstić information content (AvgIpc) is 3.21. The van der Waals surface area contributed by atoms with Gasteiger partial charge in [0.15, 0.2) is 5.82 Å². The fourth-order valence-corrected chi connectivity index (χ4v) is 2.35. The van der Waals surface area contributed by atoms with Crippen molar-refractivity contribution < 1.29 is 4.39 Å². The number of hydrogen-bond acceptors (Lipinski definition) is 4. The van der Waals surface area contributed by atoms with Crippen LogP contribution in [0.25, 0.3) is 22.3 Å². The summed E-state index contributed by atoms with van der Waals surface area (Å²) in [4.78, 5) is 11.9. The molecule has 20 heavy (non-hydrogen) atoms. The largest absolute Gasteiger partial charge is 0.260 e. The molecule has 0 amide bonds. The van der Waals surface area contributed by atoms with Crippen molar-refractivity contribution >= 4 is 22.6 Å². The third-order valence-corrected chi connectivity index (χ3v) is 3.51. The molecule has 1 saturated carbocycles. The van der Waals surface area contributed by atoms with Crippen molar-refractivity contribution in [3.63, 3.8) is 0 Å². The highest BCUT2D eigenvalue weighted by Crippen LogP contribution is 2.37. The zero-order valence-corrected chi connectivity index (χ0v) is 11.0. The first-order valence-corrected chi connectivity index (χ1v) is 6.62. The minimum atomic E-state index is -0.520. The molecule has 0 unspecified atom stereocenters. The molecule has 1 aliphatic rings. The maximum Gasteiger partial charge on any atom is 0.223 e. The van der Waals surface area contributed by atoms with Crippen molar-refractivity contribution in [1.82, 2.24) is 24.7 Å². The minimum Gasteiger partial charge on any atom is -0.260 e. The highest BCUT2D eigenvalue weighted by molar-refractivity contribution is 6.28. The number of hydrogen-bond donors (Lipinski definition) is 0.